The van der Waals surface area contributed by atoms with Crippen molar-refractivity contribution in [3.63, 3.8) is 0 Å². The van der Waals surface area contributed by atoms with Crippen molar-refractivity contribution in [2.75, 3.05) is 0 Å². The molecule has 0 unspecified atom stereocenters. The number of hydrogen-bond donors (Lipinski definition) is 1. The molecule has 0 aliphatic rings. The molecular weight excluding hydrogens is 328 g/mol. The van der Waals surface area contributed by atoms with Crippen LogP contribution >= 0.6 is 0 Å². The highest BCUT2D eigenvalue weighted by molar-refractivity contribution is 5.81. The molecule has 0 aliphatic carbocycles. The Morgan fingerprint density at radius 3 is 2.04 bits per heavy atom. The summed E-state index contributed by atoms with van der Waals surface area (Å²) in [5.41, 5.74) is 0.518. The number of rotatable bonds is 4. The van der Waals surface area contributed by atoms with E-state index in [4.69, 9.17) is 0 Å². The summed E-state index contributed by atoms with van der Waals surface area (Å²) in [6.45, 7) is 0. The molecule has 0 atom stereocenters. The lowest BCUT2D eigenvalue weighted by atomic mass is 10.2. The highest BCUT2D eigenvalue weighted by Gasteiger charge is 2.15. The van der Waals surface area contributed by atoms with E-state index in [9.17, 15) is 25.0 Å². The van der Waals surface area contributed by atoms with Crippen molar-refractivity contribution in [3.05, 3.63) is 86.7 Å². The molecule has 0 aliphatic heterocycles. The van der Waals surface area contributed by atoms with Crippen molar-refractivity contribution in [1.82, 2.24) is 9.97 Å². The van der Waals surface area contributed by atoms with Crippen molar-refractivity contribution in [1.29, 1.82) is 0 Å². The van der Waals surface area contributed by atoms with E-state index in [2.05, 4.69) is 9.97 Å². The average molecular weight is 340 g/mol. The SMILES string of the molecule is O=Cc1ccccc1[N+](=O)[O-].O=[N+]([O-])c1ccccc1-c1ncc[nH]1. The Morgan fingerprint density at radius 1 is 0.920 bits per heavy atom. The minimum Gasteiger partial charge on any atom is -0.344 e. The number of hydrogen-bond acceptors (Lipinski definition) is 6. The minimum atomic E-state index is -0.580. The van der Waals surface area contributed by atoms with E-state index in [-0.39, 0.29) is 16.9 Å². The van der Waals surface area contributed by atoms with Crippen LogP contribution in [0.4, 0.5) is 11.4 Å². The smallest absolute Gasteiger partial charge is 0.280 e. The van der Waals surface area contributed by atoms with Crippen LogP contribution in [0, 0.1) is 20.2 Å². The van der Waals surface area contributed by atoms with Gasteiger partial charge in [0, 0.05) is 24.5 Å². The number of carbonyl (C=O) groups excluding carboxylic acids is 1. The van der Waals surface area contributed by atoms with Crippen LogP contribution in [0.5, 0.6) is 0 Å². The Hall–Kier alpha value is -3.88. The highest BCUT2D eigenvalue weighted by Crippen LogP contribution is 2.26. The van der Waals surface area contributed by atoms with Gasteiger partial charge in [-0.25, -0.2) is 4.98 Å². The summed E-state index contributed by atoms with van der Waals surface area (Å²) in [5, 5.41) is 20.9. The fraction of sp³-hybridized carbons (Fsp3) is 0. The van der Waals surface area contributed by atoms with Crippen molar-refractivity contribution in [2.45, 2.75) is 0 Å². The molecule has 0 bridgehead atoms. The fourth-order valence-corrected chi connectivity index (χ4v) is 2.00. The van der Waals surface area contributed by atoms with Gasteiger partial charge in [-0.2, -0.15) is 0 Å². The molecule has 9 heteroatoms. The molecule has 25 heavy (non-hydrogen) atoms. The molecule has 3 rings (SSSR count). The molecule has 126 valence electrons. The first kappa shape index (κ1) is 17.5. The van der Waals surface area contributed by atoms with Crippen LogP contribution in [0.3, 0.4) is 0 Å². The van der Waals surface area contributed by atoms with Crippen molar-refractivity contribution in [3.8, 4) is 11.4 Å². The maximum absolute atomic E-state index is 10.7. The second-order valence-corrected chi connectivity index (χ2v) is 4.65. The maximum Gasteiger partial charge on any atom is 0.280 e. The van der Waals surface area contributed by atoms with Crippen LogP contribution < -0.4 is 0 Å². The average Bonchev–Trinajstić information content (AvgIpc) is 3.16. The lowest BCUT2D eigenvalue weighted by molar-refractivity contribution is -0.385. The number of aldehydes is 1. The second kappa shape index (κ2) is 8.11. The predicted molar refractivity (Wildman–Crippen MR) is 89.2 cm³/mol. The molecular formula is C16H12N4O5. The van der Waals surface area contributed by atoms with Gasteiger partial charge in [-0.15, -0.1) is 0 Å². The third-order valence-corrected chi connectivity index (χ3v) is 3.11. The van der Waals surface area contributed by atoms with E-state index in [0.717, 1.165) is 0 Å². The third-order valence-electron chi connectivity index (χ3n) is 3.11. The zero-order valence-electron chi connectivity index (χ0n) is 12.7. The first-order chi connectivity index (χ1) is 12.0. The van der Waals surface area contributed by atoms with Gasteiger partial charge < -0.3 is 4.98 Å². The van der Waals surface area contributed by atoms with Crippen LogP contribution in [-0.4, -0.2) is 26.1 Å². The van der Waals surface area contributed by atoms with Crippen molar-refractivity contribution in [2.24, 2.45) is 0 Å². The number of carbonyl (C=O) groups is 1. The Balaban J connectivity index is 0.000000186. The maximum atomic E-state index is 10.7. The zero-order chi connectivity index (χ0) is 18.2. The van der Waals surface area contributed by atoms with E-state index in [1.54, 1.807) is 36.7 Å². The van der Waals surface area contributed by atoms with Gasteiger partial charge in [-0.05, 0) is 12.1 Å². The van der Waals surface area contributed by atoms with Gasteiger partial charge >= 0.3 is 0 Å². The number of nitrogens with one attached hydrogen (secondary N) is 1. The highest BCUT2D eigenvalue weighted by atomic mass is 16.6. The largest absolute Gasteiger partial charge is 0.344 e. The zero-order valence-corrected chi connectivity index (χ0v) is 12.7. The quantitative estimate of drug-likeness (QED) is 0.440. The number of nitrogens with zero attached hydrogens (tertiary/aromatic N) is 3. The summed E-state index contributed by atoms with van der Waals surface area (Å²) in [5.74, 6) is 0.511. The van der Waals surface area contributed by atoms with Crippen LogP contribution in [0.15, 0.2) is 60.9 Å². The topological polar surface area (TPSA) is 132 Å². The number of benzene rings is 2. The molecule has 9 nitrogen and oxygen atoms in total. The number of H-pyrrole nitrogens is 1. The normalized spacial score (nSPS) is 9.60. The Kier molecular flexibility index (Phi) is 5.67. The molecule has 0 radical (unpaired) electrons. The van der Waals surface area contributed by atoms with Gasteiger partial charge in [0.05, 0.1) is 21.0 Å². The molecule has 2 aromatic carbocycles. The van der Waals surface area contributed by atoms with Crippen molar-refractivity contribution < 1.29 is 14.6 Å². The van der Waals surface area contributed by atoms with Gasteiger partial charge in [-0.1, -0.05) is 24.3 Å². The van der Waals surface area contributed by atoms with E-state index < -0.39 is 9.85 Å². The van der Waals surface area contributed by atoms with Crippen LogP contribution in [0.2, 0.25) is 0 Å². The van der Waals surface area contributed by atoms with Crippen LogP contribution in [0.25, 0.3) is 11.4 Å². The number of aromatic amines is 1. The van der Waals surface area contributed by atoms with Gasteiger partial charge in [0.25, 0.3) is 11.4 Å². The van der Waals surface area contributed by atoms with E-state index in [0.29, 0.717) is 17.7 Å². The Bertz CT molecular complexity index is 893. The van der Waals surface area contributed by atoms with E-state index in [1.165, 1.54) is 24.3 Å². The summed E-state index contributed by atoms with van der Waals surface area (Å²) in [4.78, 5) is 36.9. The summed E-state index contributed by atoms with van der Waals surface area (Å²) in [7, 11) is 0. The van der Waals surface area contributed by atoms with Gasteiger partial charge in [0.15, 0.2) is 6.29 Å². The lowest BCUT2D eigenvalue weighted by Gasteiger charge is -1.97. The molecule has 0 saturated heterocycles. The van der Waals surface area contributed by atoms with Crippen LogP contribution in [0.1, 0.15) is 10.4 Å². The van der Waals surface area contributed by atoms with Crippen molar-refractivity contribution >= 4 is 17.7 Å². The first-order valence-corrected chi connectivity index (χ1v) is 6.96. The van der Waals surface area contributed by atoms with E-state index >= 15 is 0 Å². The molecule has 1 heterocycles. The molecule has 0 fully saturated rings. The standard InChI is InChI=1S/C9H7N3O2.C7H5NO3/c13-12(14)8-4-2-1-3-7(8)9-10-5-6-11-9;9-5-6-3-1-2-4-7(6)8(10)11/h1-6H,(H,10,11);1-5H. The minimum absolute atomic E-state index is 0.0578. The number of nitro groups is 2. The number of para-hydroxylation sites is 2. The Labute approximate surface area is 141 Å². The number of nitro benzene ring substituents is 2. The third kappa shape index (κ3) is 4.32. The summed E-state index contributed by atoms with van der Waals surface area (Å²) >= 11 is 0. The number of imidazole rings is 1. The summed E-state index contributed by atoms with van der Waals surface area (Å²) < 4.78 is 0. The predicted octanol–water partition coefficient (Wildman–Crippen LogP) is 3.39. The van der Waals surface area contributed by atoms with Gasteiger partial charge in [-0.3, -0.25) is 25.0 Å². The molecule has 3 aromatic rings. The second-order valence-electron chi connectivity index (χ2n) is 4.65. The monoisotopic (exact) mass is 340 g/mol. The summed E-state index contributed by atoms with van der Waals surface area (Å²) in [6, 6.07) is 12.3. The fourth-order valence-electron chi connectivity index (χ4n) is 2.00. The van der Waals surface area contributed by atoms with Gasteiger partial charge in [0.2, 0.25) is 0 Å². The van der Waals surface area contributed by atoms with E-state index in [1.807, 2.05) is 0 Å². The Morgan fingerprint density at radius 2 is 1.52 bits per heavy atom. The van der Waals surface area contributed by atoms with Crippen LogP contribution in [-0.2, 0) is 0 Å². The molecule has 0 saturated carbocycles. The van der Waals surface area contributed by atoms with Gasteiger partial charge in [0.1, 0.15) is 5.82 Å². The number of aromatic nitrogens is 2. The molecule has 0 spiro atoms. The summed E-state index contributed by atoms with van der Waals surface area (Å²) in [6.07, 6.45) is 3.66. The first-order valence-electron chi connectivity index (χ1n) is 6.96. The lowest BCUT2D eigenvalue weighted by Crippen LogP contribution is -1.92. The molecule has 1 aromatic heterocycles. The molecule has 0 amide bonds. The molecule has 1 N–H and O–H groups in total.